The first-order chi connectivity index (χ1) is 14.3. The van der Waals surface area contributed by atoms with Crippen LogP contribution in [0.4, 0.5) is 13.2 Å². The maximum Gasteiger partial charge on any atom is 0.414 e. The van der Waals surface area contributed by atoms with Crippen molar-refractivity contribution in [3.63, 3.8) is 0 Å². The van der Waals surface area contributed by atoms with E-state index in [1.54, 1.807) is 28.8 Å². The molecule has 158 valence electrons. The monoisotopic (exact) mass is 419 g/mol. The van der Waals surface area contributed by atoms with E-state index < -0.39 is 24.2 Å². The number of hydrogen-bond donors (Lipinski definition) is 2. The Labute approximate surface area is 170 Å². The Morgan fingerprint density at radius 3 is 2.73 bits per heavy atom. The lowest BCUT2D eigenvalue weighted by molar-refractivity contribution is -0.156. The number of nitrogens with one attached hydrogen (secondary N) is 1. The standard InChI is InChI=1S/C20H20F3N5O2/c21-20(22,23)18(14-5-1-3-8-24-14)26-19(30)17-15-6-2-4-9-28(15)16(25-17)12-27-10-7-13(29)11-27/h1-6,8-9,13,18,29H,7,10-12H2,(H,26,30). The first kappa shape index (κ1) is 20.3. The topological polar surface area (TPSA) is 82.8 Å². The number of likely N-dealkylation sites (tertiary alicyclic amines) is 1. The number of rotatable bonds is 5. The van der Waals surface area contributed by atoms with E-state index in [1.807, 2.05) is 10.2 Å². The second-order valence-electron chi connectivity index (χ2n) is 7.21. The van der Waals surface area contributed by atoms with Gasteiger partial charge in [0.05, 0.1) is 23.9 Å². The van der Waals surface area contributed by atoms with Crippen LogP contribution in [0.3, 0.4) is 0 Å². The summed E-state index contributed by atoms with van der Waals surface area (Å²) in [6.07, 6.45) is -1.53. The lowest BCUT2D eigenvalue weighted by Gasteiger charge is -2.20. The van der Waals surface area contributed by atoms with E-state index in [0.29, 0.717) is 37.4 Å². The molecule has 10 heteroatoms. The zero-order valence-corrected chi connectivity index (χ0v) is 15.9. The third-order valence-electron chi connectivity index (χ3n) is 5.04. The summed E-state index contributed by atoms with van der Waals surface area (Å²) in [5, 5.41) is 11.8. The summed E-state index contributed by atoms with van der Waals surface area (Å²) in [4.78, 5) is 22.9. The smallest absolute Gasteiger partial charge is 0.392 e. The van der Waals surface area contributed by atoms with Crippen molar-refractivity contribution in [1.29, 1.82) is 0 Å². The zero-order valence-electron chi connectivity index (χ0n) is 15.9. The van der Waals surface area contributed by atoms with E-state index in [4.69, 9.17) is 0 Å². The summed E-state index contributed by atoms with van der Waals surface area (Å²) in [6.45, 7) is 1.54. The van der Waals surface area contributed by atoms with Crippen LogP contribution in [-0.2, 0) is 6.54 Å². The number of carbonyl (C=O) groups excluding carboxylic acids is 1. The van der Waals surface area contributed by atoms with E-state index in [9.17, 15) is 23.1 Å². The second kappa shape index (κ2) is 8.04. The highest BCUT2D eigenvalue weighted by atomic mass is 19.4. The average Bonchev–Trinajstić information content (AvgIpc) is 3.30. The zero-order chi connectivity index (χ0) is 21.3. The van der Waals surface area contributed by atoms with Gasteiger partial charge >= 0.3 is 6.18 Å². The minimum Gasteiger partial charge on any atom is -0.392 e. The van der Waals surface area contributed by atoms with Crippen LogP contribution in [0.2, 0.25) is 0 Å². The molecule has 2 N–H and O–H groups in total. The molecule has 0 radical (unpaired) electrons. The molecule has 3 aromatic heterocycles. The number of β-amino-alcohol motifs (C(OH)–C–C–N with tert-alkyl or cyclic N) is 1. The summed E-state index contributed by atoms with van der Waals surface area (Å²) in [5.74, 6) is -0.411. The molecular formula is C20H20F3N5O2. The number of carbonyl (C=O) groups is 1. The lowest BCUT2D eigenvalue weighted by Crippen LogP contribution is -2.38. The number of aliphatic hydroxyl groups excluding tert-OH is 1. The molecule has 7 nitrogen and oxygen atoms in total. The predicted molar refractivity (Wildman–Crippen MR) is 102 cm³/mol. The van der Waals surface area contributed by atoms with Gasteiger partial charge in [-0.05, 0) is 30.7 Å². The van der Waals surface area contributed by atoms with Crippen LogP contribution >= 0.6 is 0 Å². The minimum absolute atomic E-state index is 0.0875. The highest BCUT2D eigenvalue weighted by molar-refractivity contribution is 5.99. The molecule has 2 atom stereocenters. The van der Waals surface area contributed by atoms with Crippen molar-refractivity contribution in [2.24, 2.45) is 0 Å². The summed E-state index contributed by atoms with van der Waals surface area (Å²) in [7, 11) is 0. The third-order valence-corrected chi connectivity index (χ3v) is 5.04. The van der Waals surface area contributed by atoms with Gasteiger partial charge in [-0.15, -0.1) is 0 Å². The number of amides is 1. The normalized spacial score (nSPS) is 18.6. The van der Waals surface area contributed by atoms with Crippen LogP contribution in [0, 0.1) is 0 Å². The summed E-state index contributed by atoms with van der Waals surface area (Å²) in [6, 6.07) is 6.98. The lowest BCUT2D eigenvalue weighted by atomic mass is 10.1. The molecule has 1 aliphatic heterocycles. The minimum atomic E-state index is -4.71. The number of nitrogens with zero attached hydrogens (tertiary/aromatic N) is 4. The molecule has 0 spiro atoms. The van der Waals surface area contributed by atoms with Gasteiger partial charge in [-0.1, -0.05) is 12.1 Å². The maximum atomic E-state index is 13.6. The van der Waals surface area contributed by atoms with Gasteiger partial charge in [0.2, 0.25) is 0 Å². The summed E-state index contributed by atoms with van der Waals surface area (Å²) in [5.41, 5.74) is 0.0235. The molecule has 0 bridgehead atoms. The second-order valence-corrected chi connectivity index (χ2v) is 7.21. The highest BCUT2D eigenvalue weighted by Gasteiger charge is 2.43. The Balaban J connectivity index is 1.64. The number of halogens is 3. The van der Waals surface area contributed by atoms with Crippen molar-refractivity contribution in [1.82, 2.24) is 24.6 Å². The van der Waals surface area contributed by atoms with Gasteiger partial charge in [-0.3, -0.25) is 14.7 Å². The van der Waals surface area contributed by atoms with Crippen LogP contribution in [0.25, 0.3) is 5.52 Å². The van der Waals surface area contributed by atoms with Gasteiger partial charge in [0.15, 0.2) is 11.7 Å². The van der Waals surface area contributed by atoms with Gasteiger partial charge in [0.25, 0.3) is 5.91 Å². The van der Waals surface area contributed by atoms with Crippen LogP contribution in [0.15, 0.2) is 48.8 Å². The number of fused-ring (bicyclic) bond motifs is 1. The first-order valence-corrected chi connectivity index (χ1v) is 9.48. The highest BCUT2D eigenvalue weighted by Crippen LogP contribution is 2.32. The van der Waals surface area contributed by atoms with Crippen molar-refractivity contribution in [2.75, 3.05) is 13.1 Å². The predicted octanol–water partition coefficient (Wildman–Crippen LogP) is 2.33. The number of imidazole rings is 1. The van der Waals surface area contributed by atoms with E-state index in [2.05, 4.69) is 9.97 Å². The molecule has 0 saturated carbocycles. The molecule has 1 amide bonds. The van der Waals surface area contributed by atoms with Crippen LogP contribution in [0.1, 0.15) is 34.5 Å². The molecule has 2 unspecified atom stereocenters. The fraction of sp³-hybridized carbons (Fsp3) is 0.350. The van der Waals surface area contributed by atoms with Crippen molar-refractivity contribution in [3.05, 3.63) is 66.0 Å². The third kappa shape index (κ3) is 4.14. The molecule has 0 aromatic carbocycles. The molecule has 3 aromatic rings. The number of hydrogen-bond acceptors (Lipinski definition) is 5. The fourth-order valence-electron chi connectivity index (χ4n) is 3.61. The Hall–Kier alpha value is -2.98. The van der Waals surface area contributed by atoms with E-state index in [-0.39, 0.29) is 11.4 Å². The average molecular weight is 419 g/mol. The molecular weight excluding hydrogens is 399 g/mol. The molecule has 1 saturated heterocycles. The number of aromatic nitrogens is 3. The molecule has 30 heavy (non-hydrogen) atoms. The largest absolute Gasteiger partial charge is 0.414 e. The summed E-state index contributed by atoms with van der Waals surface area (Å²) < 4.78 is 42.5. The number of pyridine rings is 2. The van der Waals surface area contributed by atoms with Crippen molar-refractivity contribution in [2.45, 2.75) is 31.3 Å². The molecule has 4 rings (SSSR count). The molecule has 1 fully saturated rings. The number of alkyl halides is 3. The molecule has 4 heterocycles. The van der Waals surface area contributed by atoms with Gasteiger partial charge < -0.3 is 14.8 Å². The molecule has 1 aliphatic rings. The van der Waals surface area contributed by atoms with Crippen LogP contribution in [0.5, 0.6) is 0 Å². The van der Waals surface area contributed by atoms with E-state index in [0.717, 1.165) is 0 Å². The quantitative estimate of drug-likeness (QED) is 0.663. The SMILES string of the molecule is O=C(NC(c1ccccn1)C(F)(F)F)c1nc(CN2CCC(O)C2)n2ccccc12. The van der Waals surface area contributed by atoms with Gasteiger partial charge in [0, 0.05) is 25.5 Å². The van der Waals surface area contributed by atoms with E-state index >= 15 is 0 Å². The fourth-order valence-corrected chi connectivity index (χ4v) is 3.61. The molecule has 0 aliphatic carbocycles. The Kier molecular flexibility index (Phi) is 5.44. The Morgan fingerprint density at radius 1 is 1.27 bits per heavy atom. The van der Waals surface area contributed by atoms with Gasteiger partial charge in [-0.2, -0.15) is 13.2 Å². The first-order valence-electron chi connectivity index (χ1n) is 9.48. The van der Waals surface area contributed by atoms with Crippen molar-refractivity contribution >= 4 is 11.4 Å². The Bertz CT molecular complexity index is 1040. The van der Waals surface area contributed by atoms with E-state index in [1.165, 1.54) is 24.4 Å². The van der Waals surface area contributed by atoms with Crippen molar-refractivity contribution < 1.29 is 23.1 Å². The number of aliphatic hydroxyl groups is 1. The van der Waals surface area contributed by atoms with Crippen LogP contribution in [-0.4, -0.2) is 55.7 Å². The Morgan fingerprint density at radius 2 is 2.07 bits per heavy atom. The van der Waals surface area contributed by atoms with Crippen molar-refractivity contribution in [3.8, 4) is 0 Å². The summed E-state index contributed by atoms with van der Waals surface area (Å²) >= 11 is 0. The maximum absolute atomic E-state index is 13.6. The van der Waals surface area contributed by atoms with Crippen LogP contribution < -0.4 is 5.32 Å². The van der Waals surface area contributed by atoms with Gasteiger partial charge in [0.1, 0.15) is 5.82 Å². The van der Waals surface area contributed by atoms with Gasteiger partial charge in [-0.25, -0.2) is 4.98 Å².